The van der Waals surface area contributed by atoms with Gasteiger partial charge in [0.15, 0.2) is 0 Å². The van der Waals surface area contributed by atoms with Crippen molar-refractivity contribution in [1.82, 2.24) is 21.5 Å². The van der Waals surface area contributed by atoms with Gasteiger partial charge in [-0.3, -0.25) is 4.79 Å². The first-order chi connectivity index (χ1) is 11.2. The van der Waals surface area contributed by atoms with E-state index in [1.54, 1.807) is 0 Å². The Hall–Kier alpha value is -0.660. The van der Waals surface area contributed by atoms with Crippen LogP contribution in [0.2, 0.25) is 0 Å². The SMILES string of the molecule is CCC1C(NC(=O)C2CCNCC2)NNC1c1ccc(Br)cc1.Cl. The third-order valence-electron chi connectivity index (χ3n) is 4.96. The van der Waals surface area contributed by atoms with E-state index in [0.29, 0.717) is 5.92 Å². The number of carbonyl (C=O) groups excluding carboxylic acids is 1. The predicted octanol–water partition coefficient (Wildman–Crippen LogP) is 2.49. The molecule has 2 heterocycles. The van der Waals surface area contributed by atoms with E-state index < -0.39 is 0 Å². The van der Waals surface area contributed by atoms with Crippen LogP contribution in [-0.4, -0.2) is 25.2 Å². The van der Waals surface area contributed by atoms with Crippen LogP contribution >= 0.6 is 28.3 Å². The lowest BCUT2D eigenvalue weighted by atomic mass is 9.90. The summed E-state index contributed by atoms with van der Waals surface area (Å²) < 4.78 is 1.08. The van der Waals surface area contributed by atoms with Crippen molar-refractivity contribution in [2.24, 2.45) is 11.8 Å². The Balaban J connectivity index is 0.00000208. The van der Waals surface area contributed by atoms with Crippen molar-refractivity contribution in [2.45, 2.75) is 38.4 Å². The Bertz CT molecular complexity index is 536. The maximum absolute atomic E-state index is 12.5. The second kappa shape index (κ2) is 9.15. The van der Waals surface area contributed by atoms with Crippen LogP contribution < -0.4 is 21.5 Å². The van der Waals surface area contributed by atoms with Crippen LogP contribution in [0.25, 0.3) is 0 Å². The normalized spacial score (nSPS) is 27.5. The Labute approximate surface area is 158 Å². The van der Waals surface area contributed by atoms with Crippen molar-refractivity contribution in [3.8, 4) is 0 Å². The quantitative estimate of drug-likeness (QED) is 0.608. The minimum Gasteiger partial charge on any atom is -0.339 e. The molecule has 0 aliphatic carbocycles. The number of piperidine rings is 1. The molecule has 2 aliphatic rings. The molecule has 0 radical (unpaired) electrons. The van der Waals surface area contributed by atoms with Crippen molar-refractivity contribution in [3.63, 3.8) is 0 Å². The summed E-state index contributed by atoms with van der Waals surface area (Å²) in [6, 6.07) is 8.59. The summed E-state index contributed by atoms with van der Waals surface area (Å²) in [7, 11) is 0. The highest BCUT2D eigenvalue weighted by Gasteiger charge is 2.37. The standard InChI is InChI=1S/C17H25BrN4O.ClH/c1-2-14-15(11-3-5-13(18)6-4-11)21-22-16(14)20-17(23)12-7-9-19-10-8-12;/h3-6,12,14-16,19,21-22H,2,7-10H2,1H3,(H,20,23);1H. The molecule has 0 aromatic heterocycles. The maximum Gasteiger partial charge on any atom is 0.224 e. The molecule has 4 N–H and O–H groups in total. The van der Waals surface area contributed by atoms with Gasteiger partial charge in [-0.15, -0.1) is 12.4 Å². The largest absolute Gasteiger partial charge is 0.339 e. The molecule has 2 saturated heterocycles. The van der Waals surface area contributed by atoms with Gasteiger partial charge in [0.1, 0.15) is 0 Å². The average Bonchev–Trinajstić information content (AvgIpc) is 2.99. The fourth-order valence-corrected chi connectivity index (χ4v) is 3.82. The number of rotatable bonds is 4. The summed E-state index contributed by atoms with van der Waals surface area (Å²) in [6.07, 6.45) is 2.84. The smallest absolute Gasteiger partial charge is 0.224 e. The zero-order valence-corrected chi connectivity index (χ0v) is 16.3. The lowest BCUT2D eigenvalue weighted by Crippen LogP contribution is -2.50. The van der Waals surface area contributed by atoms with Gasteiger partial charge in [-0.1, -0.05) is 35.0 Å². The van der Waals surface area contributed by atoms with Crippen LogP contribution in [-0.2, 0) is 4.79 Å². The first-order valence-electron chi connectivity index (χ1n) is 8.46. The number of carbonyl (C=O) groups is 1. The molecule has 7 heteroatoms. The molecule has 24 heavy (non-hydrogen) atoms. The van der Waals surface area contributed by atoms with E-state index in [1.165, 1.54) is 5.56 Å². The summed E-state index contributed by atoms with van der Waals surface area (Å²) in [5.74, 6) is 0.657. The monoisotopic (exact) mass is 416 g/mol. The van der Waals surface area contributed by atoms with Gasteiger partial charge in [-0.2, -0.15) is 0 Å². The van der Waals surface area contributed by atoms with E-state index in [-0.39, 0.29) is 36.4 Å². The minimum absolute atomic E-state index is 0. The molecule has 3 unspecified atom stereocenters. The van der Waals surface area contributed by atoms with Gasteiger partial charge in [0.2, 0.25) is 5.91 Å². The molecule has 0 saturated carbocycles. The summed E-state index contributed by atoms with van der Waals surface area (Å²) in [4.78, 5) is 12.5. The van der Waals surface area contributed by atoms with Crippen LogP contribution in [0.4, 0.5) is 0 Å². The van der Waals surface area contributed by atoms with Crippen LogP contribution in [0.3, 0.4) is 0 Å². The lowest BCUT2D eigenvalue weighted by Gasteiger charge is -2.26. The van der Waals surface area contributed by atoms with E-state index >= 15 is 0 Å². The Morgan fingerprint density at radius 3 is 2.50 bits per heavy atom. The number of hydrazine groups is 1. The van der Waals surface area contributed by atoms with Crippen molar-refractivity contribution in [3.05, 3.63) is 34.3 Å². The van der Waals surface area contributed by atoms with Crippen molar-refractivity contribution in [2.75, 3.05) is 13.1 Å². The highest BCUT2D eigenvalue weighted by Crippen LogP contribution is 2.31. The van der Waals surface area contributed by atoms with Gasteiger partial charge < -0.3 is 10.6 Å². The zero-order chi connectivity index (χ0) is 16.2. The number of benzene rings is 1. The van der Waals surface area contributed by atoms with Crippen molar-refractivity contribution >= 4 is 34.2 Å². The molecule has 2 fully saturated rings. The number of hydrogen-bond acceptors (Lipinski definition) is 4. The van der Waals surface area contributed by atoms with E-state index in [4.69, 9.17) is 0 Å². The minimum atomic E-state index is -0.0176. The van der Waals surface area contributed by atoms with Gasteiger partial charge >= 0.3 is 0 Å². The highest BCUT2D eigenvalue weighted by atomic mass is 79.9. The van der Waals surface area contributed by atoms with Gasteiger partial charge in [0.05, 0.1) is 12.2 Å². The first-order valence-corrected chi connectivity index (χ1v) is 9.26. The Morgan fingerprint density at radius 2 is 1.88 bits per heavy atom. The van der Waals surface area contributed by atoms with E-state index in [2.05, 4.69) is 68.6 Å². The molecular weight excluding hydrogens is 392 g/mol. The van der Waals surface area contributed by atoms with Gasteiger partial charge in [0.25, 0.3) is 0 Å². The molecule has 0 bridgehead atoms. The second-order valence-electron chi connectivity index (χ2n) is 6.40. The third kappa shape index (κ3) is 4.49. The molecule has 2 aliphatic heterocycles. The van der Waals surface area contributed by atoms with E-state index in [9.17, 15) is 4.79 Å². The maximum atomic E-state index is 12.5. The summed E-state index contributed by atoms with van der Waals surface area (Å²) in [5.41, 5.74) is 7.88. The first kappa shape index (κ1) is 19.7. The summed E-state index contributed by atoms with van der Waals surface area (Å²) in [5, 5.41) is 6.52. The number of nitrogens with one attached hydrogen (secondary N) is 4. The molecular formula is C17H26BrClN4O. The van der Waals surface area contributed by atoms with Crippen LogP contribution in [0.1, 0.15) is 37.8 Å². The topological polar surface area (TPSA) is 65.2 Å². The van der Waals surface area contributed by atoms with Crippen LogP contribution in [0.15, 0.2) is 28.7 Å². The summed E-state index contributed by atoms with van der Waals surface area (Å²) in [6.45, 7) is 4.05. The molecule has 5 nitrogen and oxygen atoms in total. The molecule has 3 rings (SSSR count). The number of amides is 1. The van der Waals surface area contributed by atoms with Crippen LogP contribution in [0.5, 0.6) is 0 Å². The van der Waals surface area contributed by atoms with Crippen molar-refractivity contribution in [1.29, 1.82) is 0 Å². The van der Waals surface area contributed by atoms with E-state index in [0.717, 1.165) is 36.8 Å². The molecule has 1 aromatic carbocycles. The van der Waals surface area contributed by atoms with E-state index in [1.807, 2.05) is 0 Å². The molecule has 0 spiro atoms. The predicted molar refractivity (Wildman–Crippen MR) is 102 cm³/mol. The Morgan fingerprint density at radius 1 is 1.21 bits per heavy atom. The second-order valence-corrected chi connectivity index (χ2v) is 7.32. The average molecular weight is 418 g/mol. The molecule has 3 atom stereocenters. The molecule has 1 amide bonds. The van der Waals surface area contributed by atoms with Crippen molar-refractivity contribution < 1.29 is 4.79 Å². The summed E-state index contributed by atoms with van der Waals surface area (Å²) >= 11 is 3.48. The van der Waals surface area contributed by atoms with Gasteiger partial charge in [-0.05, 0) is 50.0 Å². The highest BCUT2D eigenvalue weighted by molar-refractivity contribution is 9.10. The van der Waals surface area contributed by atoms with Gasteiger partial charge in [0, 0.05) is 16.3 Å². The fourth-order valence-electron chi connectivity index (χ4n) is 3.56. The lowest BCUT2D eigenvalue weighted by molar-refractivity contribution is -0.126. The molecule has 1 aromatic rings. The van der Waals surface area contributed by atoms with Crippen LogP contribution in [0, 0.1) is 11.8 Å². The van der Waals surface area contributed by atoms with Gasteiger partial charge in [-0.25, -0.2) is 10.9 Å². The number of hydrogen-bond donors (Lipinski definition) is 4. The fraction of sp³-hybridized carbons (Fsp3) is 0.588. The molecule has 134 valence electrons. The Kier molecular flexibility index (Phi) is 7.50. The third-order valence-corrected chi connectivity index (χ3v) is 5.49. The zero-order valence-electron chi connectivity index (χ0n) is 13.8. The number of halogens is 2.